The molecule has 0 radical (unpaired) electrons. The summed E-state index contributed by atoms with van der Waals surface area (Å²) in [6.07, 6.45) is 4.30. The fraction of sp³-hybridized carbons (Fsp3) is 0.333. The summed E-state index contributed by atoms with van der Waals surface area (Å²) in [7, 11) is 0. The van der Waals surface area contributed by atoms with Crippen LogP contribution in [0.5, 0.6) is 5.75 Å². The number of hydrogen-bond donors (Lipinski definition) is 1. The number of benzene rings is 2. The minimum Gasteiger partial charge on any atom is -0.489 e. The molecule has 0 spiro atoms. The van der Waals surface area contributed by atoms with E-state index in [1.807, 2.05) is 42.5 Å². The number of carbonyl (C=O) groups excluding carboxylic acids is 2. The van der Waals surface area contributed by atoms with Crippen molar-refractivity contribution in [2.45, 2.75) is 38.3 Å². The van der Waals surface area contributed by atoms with Crippen LogP contribution in [0.15, 0.2) is 54.6 Å². The van der Waals surface area contributed by atoms with Crippen molar-refractivity contribution in [1.82, 2.24) is 5.32 Å². The van der Waals surface area contributed by atoms with Crippen molar-refractivity contribution >= 4 is 11.9 Å². The summed E-state index contributed by atoms with van der Waals surface area (Å²) < 4.78 is 10.8. The lowest BCUT2D eigenvalue weighted by Crippen LogP contribution is -2.35. The van der Waals surface area contributed by atoms with E-state index in [1.54, 1.807) is 12.1 Å². The normalized spacial score (nSPS) is 14.0. The summed E-state index contributed by atoms with van der Waals surface area (Å²) in [6.45, 7) is 0.178. The van der Waals surface area contributed by atoms with Crippen LogP contribution in [0, 0.1) is 0 Å². The summed E-state index contributed by atoms with van der Waals surface area (Å²) in [5, 5.41) is 2.89. The van der Waals surface area contributed by atoms with Crippen molar-refractivity contribution in [2.75, 3.05) is 6.61 Å². The quantitative estimate of drug-likeness (QED) is 0.774. The number of esters is 1. The fourth-order valence-electron chi connectivity index (χ4n) is 2.97. The van der Waals surface area contributed by atoms with Gasteiger partial charge in [0.2, 0.25) is 0 Å². The first-order chi connectivity index (χ1) is 12.7. The maximum absolute atomic E-state index is 12.0. The van der Waals surface area contributed by atoms with Crippen LogP contribution in [0.1, 0.15) is 41.6 Å². The summed E-state index contributed by atoms with van der Waals surface area (Å²) in [5.74, 6) is 0.0597. The third-order valence-corrected chi connectivity index (χ3v) is 4.39. The molecule has 2 aromatic carbocycles. The van der Waals surface area contributed by atoms with E-state index in [1.165, 1.54) is 0 Å². The number of amides is 1. The Labute approximate surface area is 153 Å². The van der Waals surface area contributed by atoms with Crippen LogP contribution in [-0.2, 0) is 16.1 Å². The predicted octanol–water partition coefficient (Wildman–Crippen LogP) is 3.48. The van der Waals surface area contributed by atoms with E-state index >= 15 is 0 Å². The number of hydrogen-bond acceptors (Lipinski definition) is 4. The van der Waals surface area contributed by atoms with E-state index in [9.17, 15) is 9.59 Å². The van der Waals surface area contributed by atoms with E-state index in [0.717, 1.165) is 37.0 Å². The molecule has 0 heterocycles. The molecule has 0 atom stereocenters. The first kappa shape index (κ1) is 18.0. The highest BCUT2D eigenvalue weighted by Gasteiger charge is 2.18. The van der Waals surface area contributed by atoms with Crippen molar-refractivity contribution in [2.24, 2.45) is 0 Å². The predicted molar refractivity (Wildman–Crippen MR) is 97.9 cm³/mol. The van der Waals surface area contributed by atoms with Gasteiger partial charge < -0.3 is 14.8 Å². The average Bonchev–Trinajstić information content (AvgIpc) is 3.18. The van der Waals surface area contributed by atoms with Gasteiger partial charge >= 0.3 is 5.97 Å². The van der Waals surface area contributed by atoms with Gasteiger partial charge in [-0.15, -0.1) is 0 Å². The zero-order valence-electron chi connectivity index (χ0n) is 14.6. The minimum atomic E-state index is -0.498. The SMILES string of the molecule is O=C(COC(=O)c1ccc(COc2ccccc2)cc1)NC1CCCC1. The first-order valence-corrected chi connectivity index (χ1v) is 8.94. The Morgan fingerprint density at radius 2 is 1.65 bits per heavy atom. The van der Waals surface area contributed by atoms with Gasteiger partial charge in [-0.2, -0.15) is 0 Å². The standard InChI is InChI=1S/C21H23NO4/c23-20(22-18-6-4-5-7-18)15-26-21(24)17-12-10-16(11-13-17)14-25-19-8-2-1-3-9-19/h1-3,8-13,18H,4-7,14-15H2,(H,22,23). The lowest BCUT2D eigenvalue weighted by atomic mass is 10.1. The average molecular weight is 353 g/mol. The van der Waals surface area contributed by atoms with Crippen molar-refractivity contribution in [1.29, 1.82) is 0 Å². The second-order valence-corrected chi connectivity index (χ2v) is 6.42. The van der Waals surface area contributed by atoms with Gasteiger partial charge in [-0.1, -0.05) is 43.2 Å². The van der Waals surface area contributed by atoms with Gasteiger partial charge in [0.15, 0.2) is 6.61 Å². The number of carbonyl (C=O) groups is 2. The molecular formula is C21H23NO4. The molecule has 5 nitrogen and oxygen atoms in total. The van der Waals surface area contributed by atoms with Crippen molar-refractivity contribution < 1.29 is 19.1 Å². The maximum Gasteiger partial charge on any atom is 0.338 e. The second kappa shape index (κ2) is 9.04. The molecule has 1 saturated carbocycles. The zero-order chi connectivity index (χ0) is 18.2. The molecule has 1 N–H and O–H groups in total. The third-order valence-electron chi connectivity index (χ3n) is 4.39. The summed E-state index contributed by atoms with van der Waals surface area (Å²) in [6, 6.07) is 16.8. The van der Waals surface area contributed by atoms with Crippen LogP contribution >= 0.6 is 0 Å². The number of nitrogens with one attached hydrogen (secondary N) is 1. The van der Waals surface area contributed by atoms with Crippen molar-refractivity contribution in [3.8, 4) is 5.75 Å². The Morgan fingerprint density at radius 3 is 2.35 bits per heavy atom. The lowest BCUT2D eigenvalue weighted by molar-refractivity contribution is -0.124. The molecule has 3 rings (SSSR count). The Kier molecular flexibility index (Phi) is 6.25. The van der Waals surface area contributed by atoms with Crippen LogP contribution in [0.4, 0.5) is 0 Å². The highest BCUT2D eigenvalue weighted by atomic mass is 16.5. The Balaban J connectivity index is 1.43. The van der Waals surface area contributed by atoms with E-state index in [-0.39, 0.29) is 18.6 Å². The van der Waals surface area contributed by atoms with Gasteiger partial charge in [0.1, 0.15) is 12.4 Å². The molecule has 0 aliphatic heterocycles. The summed E-state index contributed by atoms with van der Waals surface area (Å²) >= 11 is 0. The molecular weight excluding hydrogens is 330 g/mol. The molecule has 1 aliphatic rings. The maximum atomic E-state index is 12.0. The smallest absolute Gasteiger partial charge is 0.338 e. The molecule has 26 heavy (non-hydrogen) atoms. The van der Waals surface area contributed by atoms with Crippen LogP contribution in [0.2, 0.25) is 0 Å². The van der Waals surface area contributed by atoms with Gasteiger partial charge in [-0.25, -0.2) is 4.79 Å². The zero-order valence-corrected chi connectivity index (χ0v) is 14.6. The van der Waals surface area contributed by atoms with Gasteiger partial charge in [-0.05, 0) is 42.7 Å². The molecule has 136 valence electrons. The monoisotopic (exact) mass is 353 g/mol. The first-order valence-electron chi connectivity index (χ1n) is 8.94. The molecule has 2 aromatic rings. The Bertz CT molecular complexity index is 721. The minimum absolute atomic E-state index is 0.227. The lowest BCUT2D eigenvalue weighted by Gasteiger charge is -2.12. The van der Waals surface area contributed by atoms with E-state index in [2.05, 4.69) is 5.32 Å². The number of ether oxygens (including phenoxy) is 2. The molecule has 1 aliphatic carbocycles. The highest BCUT2D eigenvalue weighted by molar-refractivity contribution is 5.91. The van der Waals surface area contributed by atoms with Gasteiger partial charge in [0.25, 0.3) is 5.91 Å². The van der Waals surface area contributed by atoms with Gasteiger partial charge in [0, 0.05) is 6.04 Å². The fourth-order valence-corrected chi connectivity index (χ4v) is 2.97. The number of para-hydroxylation sites is 1. The Hall–Kier alpha value is -2.82. The Morgan fingerprint density at radius 1 is 0.962 bits per heavy atom. The van der Waals surface area contributed by atoms with Gasteiger partial charge in [-0.3, -0.25) is 4.79 Å². The molecule has 0 aromatic heterocycles. The molecule has 1 amide bonds. The largest absolute Gasteiger partial charge is 0.489 e. The summed E-state index contributed by atoms with van der Waals surface area (Å²) in [4.78, 5) is 23.8. The molecule has 1 fully saturated rings. The van der Waals surface area contributed by atoms with E-state index < -0.39 is 5.97 Å². The summed E-state index contributed by atoms with van der Waals surface area (Å²) in [5.41, 5.74) is 1.37. The molecule has 0 bridgehead atoms. The van der Waals surface area contributed by atoms with Crippen LogP contribution < -0.4 is 10.1 Å². The van der Waals surface area contributed by atoms with Crippen molar-refractivity contribution in [3.63, 3.8) is 0 Å². The number of rotatable bonds is 7. The van der Waals surface area contributed by atoms with E-state index in [0.29, 0.717) is 12.2 Å². The van der Waals surface area contributed by atoms with Gasteiger partial charge in [0.05, 0.1) is 5.56 Å². The van der Waals surface area contributed by atoms with Crippen LogP contribution in [0.3, 0.4) is 0 Å². The van der Waals surface area contributed by atoms with E-state index in [4.69, 9.17) is 9.47 Å². The third kappa shape index (κ3) is 5.34. The van der Waals surface area contributed by atoms with Crippen LogP contribution in [-0.4, -0.2) is 24.5 Å². The van der Waals surface area contributed by atoms with Crippen LogP contribution in [0.25, 0.3) is 0 Å². The second-order valence-electron chi connectivity index (χ2n) is 6.42. The highest BCUT2D eigenvalue weighted by Crippen LogP contribution is 2.17. The molecule has 5 heteroatoms. The molecule has 0 saturated heterocycles. The molecule has 0 unspecified atom stereocenters. The van der Waals surface area contributed by atoms with Crippen molar-refractivity contribution in [3.05, 3.63) is 65.7 Å². The topological polar surface area (TPSA) is 64.6 Å².